The van der Waals surface area contributed by atoms with Gasteiger partial charge in [-0.25, -0.2) is 4.79 Å². The van der Waals surface area contributed by atoms with Crippen LogP contribution in [0.3, 0.4) is 0 Å². The van der Waals surface area contributed by atoms with E-state index in [9.17, 15) is 19.5 Å². The Balaban J connectivity index is 2.50. The summed E-state index contributed by atoms with van der Waals surface area (Å²) in [7, 11) is 0. The van der Waals surface area contributed by atoms with E-state index in [1.54, 1.807) is 45.0 Å². The quantitative estimate of drug-likeness (QED) is 0.383. The molecule has 0 spiro atoms. The third-order valence-electron chi connectivity index (χ3n) is 5.51. The lowest BCUT2D eigenvalue weighted by Crippen LogP contribution is -2.53. The predicted octanol–water partition coefficient (Wildman–Crippen LogP) is 4.79. The number of aliphatic hydroxyl groups is 1. The third kappa shape index (κ3) is 8.33. The molecule has 8 nitrogen and oxygen atoms in total. The first-order chi connectivity index (χ1) is 17.4. The third-order valence-corrected chi connectivity index (χ3v) is 5.83. The zero-order valence-electron chi connectivity index (χ0n) is 22.0. The lowest BCUT2D eigenvalue weighted by atomic mass is 10.00. The number of anilines is 1. The molecule has 0 bridgehead atoms. The van der Waals surface area contributed by atoms with Crippen LogP contribution in [0.25, 0.3) is 0 Å². The number of amides is 3. The fraction of sp³-hybridized carbons (Fsp3) is 0.393. The van der Waals surface area contributed by atoms with Gasteiger partial charge in [-0.2, -0.15) is 0 Å². The van der Waals surface area contributed by atoms with Crippen molar-refractivity contribution in [3.63, 3.8) is 0 Å². The van der Waals surface area contributed by atoms with Crippen molar-refractivity contribution >= 4 is 35.2 Å². The minimum Gasteiger partial charge on any atom is -0.444 e. The summed E-state index contributed by atoms with van der Waals surface area (Å²) in [4.78, 5) is 41.0. The fourth-order valence-corrected chi connectivity index (χ4v) is 3.96. The first-order valence-corrected chi connectivity index (χ1v) is 12.5. The van der Waals surface area contributed by atoms with Gasteiger partial charge in [-0.3, -0.25) is 9.59 Å². The monoisotopic (exact) mass is 529 g/mol. The van der Waals surface area contributed by atoms with Gasteiger partial charge in [0.1, 0.15) is 17.7 Å². The molecule has 3 amide bonds. The summed E-state index contributed by atoms with van der Waals surface area (Å²) in [5.74, 6) is -1.19. The maximum absolute atomic E-state index is 13.7. The van der Waals surface area contributed by atoms with Crippen LogP contribution in [0.15, 0.2) is 55.1 Å². The normalized spacial score (nSPS) is 12.7. The second kappa shape index (κ2) is 13.3. The summed E-state index contributed by atoms with van der Waals surface area (Å²) >= 11 is 6.34. The molecule has 2 atom stereocenters. The van der Waals surface area contributed by atoms with Gasteiger partial charge in [0.25, 0.3) is 5.91 Å². The van der Waals surface area contributed by atoms with Crippen molar-refractivity contribution in [3.8, 4) is 0 Å². The molecule has 9 heteroatoms. The average Bonchev–Trinajstić information content (AvgIpc) is 2.83. The Labute approximate surface area is 223 Å². The Kier molecular flexibility index (Phi) is 10.7. The number of hydrogen-bond donors (Lipinski definition) is 3. The second-order valence-electron chi connectivity index (χ2n) is 9.58. The van der Waals surface area contributed by atoms with Crippen molar-refractivity contribution in [2.75, 3.05) is 18.5 Å². The van der Waals surface area contributed by atoms with Crippen molar-refractivity contribution < 1.29 is 24.2 Å². The average molecular weight is 530 g/mol. The van der Waals surface area contributed by atoms with E-state index in [0.29, 0.717) is 16.3 Å². The van der Waals surface area contributed by atoms with Crippen LogP contribution in [0.1, 0.15) is 50.4 Å². The van der Waals surface area contributed by atoms with Gasteiger partial charge in [-0.05, 0) is 56.9 Å². The maximum Gasteiger partial charge on any atom is 0.408 e. The molecule has 200 valence electrons. The molecule has 37 heavy (non-hydrogen) atoms. The van der Waals surface area contributed by atoms with E-state index < -0.39 is 42.2 Å². The van der Waals surface area contributed by atoms with Gasteiger partial charge in [0.15, 0.2) is 0 Å². The van der Waals surface area contributed by atoms with Crippen LogP contribution in [0.4, 0.5) is 10.5 Å². The van der Waals surface area contributed by atoms with Gasteiger partial charge in [0.05, 0.1) is 17.3 Å². The van der Waals surface area contributed by atoms with Gasteiger partial charge in [0.2, 0.25) is 5.91 Å². The highest BCUT2D eigenvalue weighted by atomic mass is 35.5. The molecule has 0 saturated carbocycles. The Morgan fingerprint density at radius 3 is 2.32 bits per heavy atom. The Bertz CT molecular complexity index is 1090. The molecule has 0 radical (unpaired) electrons. The number of hydrogen-bond acceptors (Lipinski definition) is 5. The van der Waals surface area contributed by atoms with Crippen molar-refractivity contribution in [2.45, 2.75) is 58.7 Å². The van der Waals surface area contributed by atoms with Gasteiger partial charge >= 0.3 is 6.09 Å². The smallest absolute Gasteiger partial charge is 0.408 e. The molecule has 0 saturated heterocycles. The van der Waals surface area contributed by atoms with Crippen LogP contribution in [-0.2, 0) is 20.7 Å². The van der Waals surface area contributed by atoms with Gasteiger partial charge in [0, 0.05) is 6.54 Å². The Morgan fingerprint density at radius 1 is 1.16 bits per heavy atom. The van der Waals surface area contributed by atoms with E-state index in [2.05, 4.69) is 17.2 Å². The number of nitrogens with zero attached hydrogens (tertiary/aromatic N) is 1. The number of ether oxygens (including phenoxy) is 1. The predicted molar refractivity (Wildman–Crippen MR) is 146 cm³/mol. The molecule has 2 aromatic carbocycles. The lowest BCUT2D eigenvalue weighted by Gasteiger charge is -2.33. The summed E-state index contributed by atoms with van der Waals surface area (Å²) < 4.78 is 5.24. The molecule has 0 aliphatic carbocycles. The van der Waals surface area contributed by atoms with Gasteiger partial charge in [-0.15, -0.1) is 6.58 Å². The van der Waals surface area contributed by atoms with Crippen LogP contribution in [-0.4, -0.2) is 52.7 Å². The van der Waals surface area contributed by atoms with Crippen molar-refractivity contribution in [1.29, 1.82) is 0 Å². The van der Waals surface area contributed by atoms with Crippen LogP contribution in [0, 0.1) is 6.92 Å². The van der Waals surface area contributed by atoms with Gasteiger partial charge < -0.3 is 25.4 Å². The number of aliphatic hydroxyl groups excluding tert-OH is 1. The van der Waals surface area contributed by atoms with Crippen molar-refractivity contribution in [2.24, 2.45) is 0 Å². The minimum absolute atomic E-state index is 0.0273. The van der Waals surface area contributed by atoms with Crippen molar-refractivity contribution in [3.05, 3.63) is 76.8 Å². The SMILES string of the molecule is C=CCN(C(=O)C(CO)NC(=O)OC(C)(C)C)C(C(=O)Nc1c(C)cccc1Cl)c1ccc(CC)cc1. The first kappa shape index (κ1) is 29.9. The molecule has 0 aromatic heterocycles. The number of carbonyl (C=O) groups is 3. The van der Waals surface area contributed by atoms with Crippen molar-refractivity contribution in [1.82, 2.24) is 10.2 Å². The number of halogens is 1. The summed E-state index contributed by atoms with van der Waals surface area (Å²) in [6.45, 7) is 11.9. The van der Waals surface area contributed by atoms with Crippen LogP contribution in [0.5, 0.6) is 0 Å². The highest BCUT2D eigenvalue weighted by Gasteiger charge is 2.36. The zero-order valence-corrected chi connectivity index (χ0v) is 22.8. The lowest BCUT2D eigenvalue weighted by molar-refractivity contribution is -0.140. The molecule has 2 rings (SSSR count). The van der Waals surface area contributed by atoms with Crippen LogP contribution < -0.4 is 10.6 Å². The van der Waals surface area contributed by atoms with E-state index in [1.807, 2.05) is 32.0 Å². The number of alkyl carbamates (subject to hydrolysis) is 1. The molecule has 2 aromatic rings. The van der Waals surface area contributed by atoms with E-state index in [1.165, 1.54) is 11.0 Å². The van der Waals surface area contributed by atoms with E-state index in [0.717, 1.165) is 17.5 Å². The Morgan fingerprint density at radius 2 is 1.81 bits per heavy atom. The second-order valence-corrected chi connectivity index (χ2v) is 9.99. The molecular formula is C28H36ClN3O5. The van der Waals surface area contributed by atoms with E-state index in [4.69, 9.17) is 16.3 Å². The van der Waals surface area contributed by atoms with E-state index in [-0.39, 0.29) is 6.54 Å². The molecule has 0 aliphatic heterocycles. The van der Waals surface area contributed by atoms with Crippen LogP contribution >= 0.6 is 11.6 Å². The summed E-state index contributed by atoms with van der Waals surface area (Å²) in [6.07, 6.45) is 1.41. The standard InChI is InChI=1S/C28H36ClN3O5/c1-7-16-32(26(35)22(17-33)30-27(36)37-28(4,5)6)24(20-14-12-19(8-2)13-15-20)25(34)31-23-18(3)10-9-11-21(23)29/h7,9-15,22,24,33H,1,8,16-17H2,2-6H3,(H,30,36)(H,31,34). The zero-order chi connectivity index (χ0) is 27.8. The summed E-state index contributed by atoms with van der Waals surface area (Å²) in [5, 5.41) is 15.6. The Hall–Kier alpha value is -3.36. The molecule has 0 aliphatic rings. The highest BCUT2D eigenvalue weighted by molar-refractivity contribution is 6.34. The summed E-state index contributed by atoms with van der Waals surface area (Å²) in [5.41, 5.74) is 1.99. The molecule has 3 N–H and O–H groups in total. The maximum atomic E-state index is 13.7. The summed E-state index contributed by atoms with van der Waals surface area (Å²) in [6, 6.07) is 10.1. The largest absolute Gasteiger partial charge is 0.444 e. The minimum atomic E-state index is -1.35. The number of para-hydroxylation sites is 1. The number of rotatable bonds is 10. The topological polar surface area (TPSA) is 108 Å². The molecule has 2 unspecified atom stereocenters. The fourth-order valence-electron chi connectivity index (χ4n) is 3.69. The number of nitrogens with one attached hydrogen (secondary N) is 2. The number of aryl methyl sites for hydroxylation is 2. The highest BCUT2D eigenvalue weighted by Crippen LogP contribution is 2.29. The van der Waals surface area contributed by atoms with E-state index >= 15 is 0 Å². The first-order valence-electron chi connectivity index (χ1n) is 12.1. The molecular weight excluding hydrogens is 494 g/mol. The molecule has 0 heterocycles. The number of carbonyl (C=O) groups excluding carboxylic acids is 3. The van der Waals surface area contributed by atoms with Crippen LogP contribution in [0.2, 0.25) is 5.02 Å². The molecule has 0 fully saturated rings. The number of benzene rings is 2. The van der Waals surface area contributed by atoms with Gasteiger partial charge in [-0.1, -0.05) is 61.0 Å².